The lowest BCUT2D eigenvalue weighted by molar-refractivity contribution is 0.252. The molecule has 1 aromatic carbocycles. The van der Waals surface area contributed by atoms with Gasteiger partial charge >= 0.3 is 0 Å². The maximum Gasteiger partial charge on any atom is 0.0314 e. The van der Waals surface area contributed by atoms with Crippen molar-refractivity contribution in [2.24, 2.45) is 0 Å². The van der Waals surface area contributed by atoms with Crippen LogP contribution in [0.2, 0.25) is 0 Å². The van der Waals surface area contributed by atoms with Crippen LogP contribution < -0.4 is 5.73 Å². The summed E-state index contributed by atoms with van der Waals surface area (Å²) in [5.41, 5.74) is 8.48. The summed E-state index contributed by atoms with van der Waals surface area (Å²) in [7, 11) is 2.25. The molecule has 0 amide bonds. The average Bonchev–Trinajstić information content (AvgIpc) is 3.11. The van der Waals surface area contributed by atoms with Gasteiger partial charge in [-0.3, -0.25) is 0 Å². The fourth-order valence-corrected chi connectivity index (χ4v) is 3.26. The largest absolute Gasteiger partial charge is 0.399 e. The van der Waals surface area contributed by atoms with Gasteiger partial charge in [0.15, 0.2) is 0 Å². The van der Waals surface area contributed by atoms with Crippen molar-refractivity contribution in [3.05, 3.63) is 29.8 Å². The van der Waals surface area contributed by atoms with E-state index >= 15 is 0 Å². The Morgan fingerprint density at radius 1 is 1.33 bits per heavy atom. The predicted octanol–water partition coefficient (Wildman–Crippen LogP) is 2.98. The number of nitrogens with two attached hydrogens (primary N) is 1. The molecule has 0 bridgehead atoms. The van der Waals surface area contributed by atoms with E-state index in [9.17, 15) is 0 Å². The van der Waals surface area contributed by atoms with Crippen LogP contribution in [-0.4, -0.2) is 36.5 Å². The number of rotatable bonds is 6. The Bertz CT molecular complexity index is 384. The minimum Gasteiger partial charge on any atom is -0.399 e. The molecular weight excluding hydrogens is 240 g/mol. The maximum absolute atomic E-state index is 5.77. The summed E-state index contributed by atoms with van der Waals surface area (Å²) in [6, 6.07) is 9.11. The predicted molar refractivity (Wildman–Crippen MR) is 82.2 cm³/mol. The Balaban J connectivity index is 2.02. The van der Waals surface area contributed by atoms with Crippen molar-refractivity contribution in [1.82, 2.24) is 4.90 Å². The van der Waals surface area contributed by atoms with Crippen molar-refractivity contribution in [3.63, 3.8) is 0 Å². The first-order valence-corrected chi connectivity index (χ1v) is 8.02. The van der Waals surface area contributed by atoms with E-state index < -0.39 is 0 Å². The zero-order chi connectivity index (χ0) is 13.2. The zero-order valence-corrected chi connectivity index (χ0v) is 12.5. The number of anilines is 1. The molecule has 1 saturated carbocycles. The number of likely N-dealkylation sites (N-methyl/N-ethyl adjacent to an activating group) is 1. The molecule has 0 aromatic heterocycles. The van der Waals surface area contributed by atoms with Crippen molar-refractivity contribution >= 4 is 17.4 Å². The highest BCUT2D eigenvalue weighted by Crippen LogP contribution is 2.48. The van der Waals surface area contributed by atoms with Gasteiger partial charge < -0.3 is 10.6 Å². The third kappa shape index (κ3) is 3.01. The van der Waals surface area contributed by atoms with Crippen LogP contribution in [0.3, 0.4) is 0 Å². The number of thioether (sulfide) groups is 1. The van der Waals surface area contributed by atoms with E-state index in [-0.39, 0.29) is 0 Å². The molecule has 0 heterocycles. The third-order valence-corrected chi connectivity index (χ3v) is 4.90. The molecule has 1 aliphatic carbocycles. The second-order valence-corrected chi connectivity index (χ2v) is 6.53. The van der Waals surface area contributed by atoms with Crippen LogP contribution in [0.25, 0.3) is 0 Å². The van der Waals surface area contributed by atoms with E-state index in [1.54, 1.807) is 0 Å². The highest BCUT2D eigenvalue weighted by Gasteiger charge is 2.45. The van der Waals surface area contributed by atoms with Crippen molar-refractivity contribution in [1.29, 1.82) is 0 Å². The minimum atomic E-state index is 0.398. The number of hydrogen-bond acceptors (Lipinski definition) is 3. The lowest BCUT2D eigenvalue weighted by Gasteiger charge is -2.29. The Kier molecular flexibility index (Phi) is 4.23. The van der Waals surface area contributed by atoms with Crippen molar-refractivity contribution in [2.45, 2.75) is 31.2 Å². The Morgan fingerprint density at radius 2 is 1.94 bits per heavy atom. The molecule has 0 radical (unpaired) electrons. The van der Waals surface area contributed by atoms with E-state index in [4.69, 9.17) is 5.73 Å². The lowest BCUT2D eigenvalue weighted by Crippen LogP contribution is -2.37. The van der Waals surface area contributed by atoms with E-state index in [0.717, 1.165) is 5.69 Å². The number of nitrogens with zero attached hydrogens (tertiary/aromatic N) is 1. The average molecular weight is 264 g/mol. The van der Waals surface area contributed by atoms with Crippen LogP contribution in [-0.2, 0) is 5.41 Å². The molecule has 0 aliphatic heterocycles. The molecule has 1 aliphatic rings. The number of nitrogen functional groups attached to an aromatic ring is 1. The van der Waals surface area contributed by atoms with E-state index in [0.29, 0.717) is 11.5 Å². The smallest absolute Gasteiger partial charge is 0.0314 e. The van der Waals surface area contributed by atoms with Crippen LogP contribution in [0, 0.1) is 0 Å². The highest BCUT2D eigenvalue weighted by molar-refractivity contribution is 7.98. The van der Waals surface area contributed by atoms with Gasteiger partial charge in [0.25, 0.3) is 0 Å². The van der Waals surface area contributed by atoms with Gasteiger partial charge in [0.1, 0.15) is 0 Å². The molecule has 0 spiro atoms. The Morgan fingerprint density at radius 3 is 2.44 bits per heavy atom. The minimum absolute atomic E-state index is 0.398. The maximum atomic E-state index is 5.77. The second kappa shape index (κ2) is 5.54. The fourth-order valence-electron chi connectivity index (χ4n) is 2.53. The van der Waals surface area contributed by atoms with Gasteiger partial charge in [-0.05, 0) is 50.8 Å². The number of benzene rings is 1. The van der Waals surface area contributed by atoms with Gasteiger partial charge in [-0.2, -0.15) is 11.8 Å². The molecule has 1 atom stereocenters. The summed E-state index contributed by atoms with van der Waals surface area (Å²) in [6.45, 7) is 3.48. The lowest BCUT2D eigenvalue weighted by atomic mass is 9.95. The summed E-state index contributed by atoms with van der Waals surface area (Å²) in [6.07, 6.45) is 4.80. The quantitative estimate of drug-likeness (QED) is 0.801. The van der Waals surface area contributed by atoms with Gasteiger partial charge in [0.2, 0.25) is 0 Å². The van der Waals surface area contributed by atoms with Gasteiger partial charge in [-0.1, -0.05) is 12.1 Å². The number of hydrogen-bond donors (Lipinski definition) is 1. The van der Waals surface area contributed by atoms with Gasteiger partial charge in [-0.15, -0.1) is 0 Å². The summed E-state index contributed by atoms with van der Waals surface area (Å²) in [5.74, 6) is 1.20. The molecule has 0 saturated heterocycles. The van der Waals surface area contributed by atoms with Crippen LogP contribution >= 0.6 is 11.8 Å². The van der Waals surface area contributed by atoms with E-state index in [1.165, 1.54) is 30.7 Å². The standard InChI is InChI=1S/C15H24N2S/c1-12(10-18-3)17(2)11-15(8-9-15)13-4-6-14(16)7-5-13/h4-7,12H,8-11,16H2,1-3H3. The van der Waals surface area contributed by atoms with E-state index in [2.05, 4.69) is 37.3 Å². The summed E-state index contributed by atoms with van der Waals surface area (Å²) in [4.78, 5) is 2.50. The first kappa shape index (κ1) is 13.8. The zero-order valence-electron chi connectivity index (χ0n) is 11.6. The molecule has 3 heteroatoms. The summed E-state index contributed by atoms with van der Waals surface area (Å²) in [5, 5.41) is 0. The van der Waals surface area contributed by atoms with Crippen LogP contribution in [0.15, 0.2) is 24.3 Å². The van der Waals surface area contributed by atoms with Gasteiger partial charge in [0, 0.05) is 29.4 Å². The molecule has 18 heavy (non-hydrogen) atoms. The van der Waals surface area contributed by atoms with Gasteiger partial charge in [-0.25, -0.2) is 0 Å². The molecule has 2 N–H and O–H groups in total. The summed E-state index contributed by atoms with van der Waals surface area (Å²) < 4.78 is 0. The molecule has 1 fully saturated rings. The van der Waals surface area contributed by atoms with E-state index in [1.807, 2.05) is 23.9 Å². The Hall–Kier alpha value is -0.670. The molecule has 2 rings (SSSR count). The van der Waals surface area contributed by atoms with Crippen molar-refractivity contribution in [3.8, 4) is 0 Å². The molecular formula is C15H24N2S. The third-order valence-electron chi connectivity index (χ3n) is 4.09. The second-order valence-electron chi connectivity index (χ2n) is 5.62. The first-order chi connectivity index (χ1) is 8.57. The summed E-state index contributed by atoms with van der Waals surface area (Å²) >= 11 is 1.92. The Labute approximate surface area is 115 Å². The van der Waals surface area contributed by atoms with Crippen LogP contribution in [0.1, 0.15) is 25.3 Å². The highest BCUT2D eigenvalue weighted by atomic mass is 32.2. The van der Waals surface area contributed by atoms with Crippen molar-refractivity contribution in [2.75, 3.05) is 31.3 Å². The van der Waals surface area contributed by atoms with Crippen molar-refractivity contribution < 1.29 is 0 Å². The topological polar surface area (TPSA) is 29.3 Å². The first-order valence-electron chi connectivity index (χ1n) is 6.62. The van der Waals surface area contributed by atoms with Crippen LogP contribution in [0.5, 0.6) is 0 Å². The molecule has 1 aromatic rings. The SMILES string of the molecule is CSCC(C)N(C)CC1(c2ccc(N)cc2)CC1. The normalized spacial score (nSPS) is 18.9. The van der Waals surface area contributed by atoms with Crippen LogP contribution in [0.4, 0.5) is 5.69 Å². The monoisotopic (exact) mass is 264 g/mol. The molecule has 1 unspecified atom stereocenters. The van der Waals surface area contributed by atoms with Gasteiger partial charge in [0.05, 0.1) is 0 Å². The molecule has 100 valence electrons. The molecule has 2 nitrogen and oxygen atoms in total. The fraction of sp³-hybridized carbons (Fsp3) is 0.600.